The molecule has 0 aromatic carbocycles. The Labute approximate surface area is 86.6 Å². The number of hydrogen-bond acceptors (Lipinski definition) is 2. The van der Waals surface area contributed by atoms with Gasteiger partial charge in [-0.05, 0) is 44.4 Å². The van der Waals surface area contributed by atoms with E-state index in [4.69, 9.17) is 5.73 Å². The summed E-state index contributed by atoms with van der Waals surface area (Å²) in [5.41, 5.74) is 7.77. The molecule has 1 fully saturated rings. The van der Waals surface area contributed by atoms with Crippen molar-refractivity contribution in [2.75, 3.05) is 13.1 Å². The summed E-state index contributed by atoms with van der Waals surface area (Å²) in [5.74, 6) is 0.678. The van der Waals surface area contributed by atoms with Crippen LogP contribution in [0.3, 0.4) is 0 Å². The summed E-state index contributed by atoms with van der Waals surface area (Å²) in [5, 5.41) is 3.40. The van der Waals surface area contributed by atoms with Gasteiger partial charge in [-0.25, -0.2) is 0 Å². The Morgan fingerprint density at radius 1 is 1.50 bits per heavy atom. The zero-order chi connectivity index (χ0) is 10.4. The summed E-state index contributed by atoms with van der Waals surface area (Å²) in [6.07, 6.45) is 8.27. The molecular formula is C12H20N2. The quantitative estimate of drug-likeness (QED) is 0.671. The van der Waals surface area contributed by atoms with Crippen LogP contribution < -0.4 is 11.1 Å². The predicted octanol–water partition coefficient (Wildman–Crippen LogP) is 1.96. The minimum Gasteiger partial charge on any atom is -0.399 e. The van der Waals surface area contributed by atoms with Crippen molar-refractivity contribution in [3.8, 4) is 0 Å². The number of nitrogens with two attached hydrogens (primary N) is 1. The van der Waals surface area contributed by atoms with E-state index in [1.807, 2.05) is 6.08 Å². The topological polar surface area (TPSA) is 38.0 Å². The Kier molecular flexibility index (Phi) is 4.47. The van der Waals surface area contributed by atoms with Gasteiger partial charge in [0.15, 0.2) is 0 Å². The SMILES string of the molecule is C=C/C(N)=C\C=C(/C)C1CCCNC1. The molecule has 0 aromatic rings. The van der Waals surface area contributed by atoms with Gasteiger partial charge in [0.25, 0.3) is 0 Å². The van der Waals surface area contributed by atoms with Crippen LogP contribution >= 0.6 is 0 Å². The molecule has 78 valence electrons. The van der Waals surface area contributed by atoms with Crippen molar-refractivity contribution < 1.29 is 0 Å². The molecule has 1 heterocycles. The second kappa shape index (κ2) is 5.66. The van der Waals surface area contributed by atoms with E-state index in [0.29, 0.717) is 5.92 Å². The van der Waals surface area contributed by atoms with E-state index in [1.54, 1.807) is 6.08 Å². The lowest BCUT2D eigenvalue weighted by atomic mass is 9.92. The van der Waals surface area contributed by atoms with Gasteiger partial charge in [-0.15, -0.1) is 0 Å². The highest BCUT2D eigenvalue weighted by atomic mass is 14.9. The molecule has 0 aliphatic carbocycles. The molecule has 0 amide bonds. The lowest BCUT2D eigenvalue weighted by Crippen LogP contribution is -2.30. The second-order valence-corrected chi connectivity index (χ2v) is 3.82. The fraction of sp³-hybridized carbons (Fsp3) is 0.500. The largest absolute Gasteiger partial charge is 0.399 e. The van der Waals surface area contributed by atoms with Crippen LogP contribution in [0.25, 0.3) is 0 Å². The van der Waals surface area contributed by atoms with Gasteiger partial charge >= 0.3 is 0 Å². The Morgan fingerprint density at radius 3 is 2.86 bits per heavy atom. The molecule has 1 aliphatic heterocycles. The van der Waals surface area contributed by atoms with E-state index in [0.717, 1.165) is 18.8 Å². The van der Waals surface area contributed by atoms with E-state index in [2.05, 4.69) is 24.9 Å². The summed E-state index contributed by atoms with van der Waals surface area (Å²) < 4.78 is 0. The van der Waals surface area contributed by atoms with Gasteiger partial charge in [-0.3, -0.25) is 0 Å². The van der Waals surface area contributed by atoms with Crippen LogP contribution in [0.5, 0.6) is 0 Å². The molecular weight excluding hydrogens is 172 g/mol. The van der Waals surface area contributed by atoms with Crippen LogP contribution in [-0.2, 0) is 0 Å². The minimum absolute atomic E-state index is 0.678. The van der Waals surface area contributed by atoms with Gasteiger partial charge in [0.1, 0.15) is 0 Å². The Balaban J connectivity index is 2.53. The number of rotatable bonds is 3. The molecule has 0 saturated carbocycles. The molecule has 0 aromatic heterocycles. The lowest BCUT2D eigenvalue weighted by Gasteiger charge is -2.23. The van der Waals surface area contributed by atoms with Crippen molar-refractivity contribution in [3.63, 3.8) is 0 Å². The first-order valence-corrected chi connectivity index (χ1v) is 5.21. The highest BCUT2D eigenvalue weighted by Crippen LogP contribution is 2.18. The molecule has 1 aliphatic rings. The molecule has 0 spiro atoms. The maximum atomic E-state index is 5.63. The first kappa shape index (κ1) is 11.1. The van der Waals surface area contributed by atoms with Crippen molar-refractivity contribution in [1.82, 2.24) is 5.32 Å². The minimum atomic E-state index is 0.678. The first-order valence-electron chi connectivity index (χ1n) is 5.21. The number of nitrogens with one attached hydrogen (secondary N) is 1. The zero-order valence-corrected chi connectivity index (χ0v) is 8.92. The van der Waals surface area contributed by atoms with E-state index in [9.17, 15) is 0 Å². The van der Waals surface area contributed by atoms with Gasteiger partial charge in [0.05, 0.1) is 0 Å². The molecule has 3 N–H and O–H groups in total. The third-order valence-electron chi connectivity index (χ3n) is 2.72. The molecule has 0 radical (unpaired) electrons. The summed E-state index contributed by atoms with van der Waals surface area (Å²) in [6, 6.07) is 0. The van der Waals surface area contributed by atoms with Crippen molar-refractivity contribution >= 4 is 0 Å². The van der Waals surface area contributed by atoms with Crippen LogP contribution in [0.4, 0.5) is 0 Å². The van der Waals surface area contributed by atoms with Crippen molar-refractivity contribution in [3.05, 3.63) is 36.1 Å². The van der Waals surface area contributed by atoms with Crippen molar-refractivity contribution in [1.29, 1.82) is 0 Å². The van der Waals surface area contributed by atoms with E-state index in [1.165, 1.54) is 18.4 Å². The van der Waals surface area contributed by atoms with E-state index < -0.39 is 0 Å². The third kappa shape index (κ3) is 3.38. The Hall–Kier alpha value is -1.02. The van der Waals surface area contributed by atoms with E-state index in [-0.39, 0.29) is 0 Å². The summed E-state index contributed by atoms with van der Waals surface area (Å²) in [4.78, 5) is 0. The monoisotopic (exact) mass is 192 g/mol. The Bertz CT molecular complexity index is 245. The zero-order valence-electron chi connectivity index (χ0n) is 8.92. The summed E-state index contributed by atoms with van der Waals surface area (Å²) >= 11 is 0. The maximum absolute atomic E-state index is 5.63. The number of hydrogen-bond donors (Lipinski definition) is 2. The fourth-order valence-corrected chi connectivity index (χ4v) is 1.67. The van der Waals surface area contributed by atoms with Gasteiger partial charge in [0.2, 0.25) is 0 Å². The third-order valence-corrected chi connectivity index (χ3v) is 2.72. The fourth-order valence-electron chi connectivity index (χ4n) is 1.67. The molecule has 2 nitrogen and oxygen atoms in total. The van der Waals surface area contributed by atoms with Crippen LogP contribution in [0.15, 0.2) is 36.1 Å². The molecule has 1 saturated heterocycles. The maximum Gasteiger partial charge on any atom is 0.0308 e. The lowest BCUT2D eigenvalue weighted by molar-refractivity contribution is 0.422. The predicted molar refractivity (Wildman–Crippen MR) is 61.8 cm³/mol. The van der Waals surface area contributed by atoms with Crippen LogP contribution in [0.1, 0.15) is 19.8 Å². The summed E-state index contributed by atoms with van der Waals surface area (Å²) in [6.45, 7) is 8.05. The average molecular weight is 192 g/mol. The molecule has 2 heteroatoms. The van der Waals surface area contributed by atoms with Crippen molar-refractivity contribution in [2.45, 2.75) is 19.8 Å². The standard InChI is InChI=1S/C12H20N2/c1-3-12(13)7-6-10(2)11-5-4-8-14-9-11/h3,6-7,11,14H,1,4-5,8-9,13H2,2H3/b10-6+,12-7+. The molecule has 0 bridgehead atoms. The van der Waals surface area contributed by atoms with E-state index >= 15 is 0 Å². The van der Waals surface area contributed by atoms with Crippen LogP contribution in [0.2, 0.25) is 0 Å². The van der Waals surface area contributed by atoms with Crippen molar-refractivity contribution in [2.24, 2.45) is 11.7 Å². The average Bonchev–Trinajstić information content (AvgIpc) is 2.26. The Morgan fingerprint density at radius 2 is 2.29 bits per heavy atom. The normalized spacial score (nSPS) is 24.8. The first-order chi connectivity index (χ1) is 6.74. The molecule has 14 heavy (non-hydrogen) atoms. The van der Waals surface area contributed by atoms with Gasteiger partial charge in [0, 0.05) is 12.2 Å². The molecule has 1 atom stereocenters. The highest BCUT2D eigenvalue weighted by Gasteiger charge is 2.13. The smallest absolute Gasteiger partial charge is 0.0308 e. The van der Waals surface area contributed by atoms with Crippen LogP contribution in [-0.4, -0.2) is 13.1 Å². The van der Waals surface area contributed by atoms with Gasteiger partial charge in [-0.1, -0.05) is 18.2 Å². The summed E-state index contributed by atoms with van der Waals surface area (Å²) in [7, 11) is 0. The molecule has 1 unspecified atom stereocenters. The van der Waals surface area contributed by atoms with Gasteiger partial charge < -0.3 is 11.1 Å². The molecule has 1 rings (SSSR count). The number of allylic oxidation sites excluding steroid dienone is 3. The number of piperidine rings is 1. The van der Waals surface area contributed by atoms with Gasteiger partial charge in [-0.2, -0.15) is 0 Å². The second-order valence-electron chi connectivity index (χ2n) is 3.82. The highest BCUT2D eigenvalue weighted by molar-refractivity contribution is 5.22. The van der Waals surface area contributed by atoms with Crippen LogP contribution in [0, 0.1) is 5.92 Å².